The fraction of sp³-hybridized carbons (Fsp3) is 1.00. The van der Waals surface area contributed by atoms with Crippen molar-refractivity contribution in [3.8, 4) is 0 Å². The van der Waals surface area contributed by atoms with Crippen LogP contribution < -0.4 is 0 Å². The van der Waals surface area contributed by atoms with Crippen molar-refractivity contribution < 1.29 is 5.11 Å². The fourth-order valence-corrected chi connectivity index (χ4v) is 4.63. The molecule has 2 nitrogen and oxygen atoms in total. The van der Waals surface area contributed by atoms with Gasteiger partial charge in [-0.05, 0) is 44.6 Å². The third-order valence-electron chi connectivity index (χ3n) is 5.25. The zero-order chi connectivity index (χ0) is 11.1. The normalized spacial score (nSPS) is 48.0. The van der Waals surface area contributed by atoms with Gasteiger partial charge in [-0.15, -0.1) is 0 Å². The monoisotopic (exact) mass is 223 g/mol. The molecule has 2 saturated heterocycles. The van der Waals surface area contributed by atoms with E-state index in [4.69, 9.17) is 0 Å². The summed E-state index contributed by atoms with van der Waals surface area (Å²) >= 11 is 0. The standard InChI is InChI=1S/C14H25NO/c1-2-5-12-10-8-11(14(16)9-10)13-6-3-4-7-15(12)13/h10-14,16H,2-9H2,1H3/t10-,11-,12+,13-,14-/m0/s1. The molecule has 2 heteroatoms. The van der Waals surface area contributed by atoms with E-state index in [1.807, 2.05) is 0 Å². The topological polar surface area (TPSA) is 23.5 Å². The van der Waals surface area contributed by atoms with Gasteiger partial charge in [-0.25, -0.2) is 0 Å². The first kappa shape index (κ1) is 11.0. The fourth-order valence-electron chi connectivity index (χ4n) is 4.63. The first-order valence-corrected chi connectivity index (χ1v) is 7.25. The average Bonchev–Trinajstić information content (AvgIpc) is 2.64. The summed E-state index contributed by atoms with van der Waals surface area (Å²) in [5.74, 6) is 1.41. The SMILES string of the molecule is CCC[C@@H]1[C@H]2C[C@H]([C@@H](O)C2)[C@@H]2CCCCN12. The molecule has 2 bridgehead atoms. The molecule has 0 spiro atoms. The number of aliphatic hydroxyl groups is 1. The van der Waals surface area contributed by atoms with Crippen LogP contribution in [0.1, 0.15) is 51.9 Å². The van der Waals surface area contributed by atoms with E-state index >= 15 is 0 Å². The highest BCUT2D eigenvalue weighted by molar-refractivity contribution is 5.03. The molecule has 1 saturated carbocycles. The molecule has 1 aliphatic carbocycles. The van der Waals surface area contributed by atoms with Crippen LogP contribution in [0.4, 0.5) is 0 Å². The number of hydrogen-bond acceptors (Lipinski definition) is 2. The summed E-state index contributed by atoms with van der Waals surface area (Å²) in [6, 6.07) is 1.52. The highest BCUT2D eigenvalue weighted by Crippen LogP contribution is 2.47. The number of hydrogen-bond donors (Lipinski definition) is 1. The van der Waals surface area contributed by atoms with Crippen LogP contribution in [0.25, 0.3) is 0 Å². The number of piperidine rings is 2. The van der Waals surface area contributed by atoms with Gasteiger partial charge in [0.25, 0.3) is 0 Å². The number of rotatable bonds is 2. The van der Waals surface area contributed by atoms with Crippen molar-refractivity contribution in [2.24, 2.45) is 11.8 Å². The summed E-state index contributed by atoms with van der Waals surface area (Å²) in [5.41, 5.74) is 0. The summed E-state index contributed by atoms with van der Waals surface area (Å²) in [6.07, 6.45) is 9.16. The van der Waals surface area contributed by atoms with E-state index in [0.29, 0.717) is 5.92 Å². The largest absolute Gasteiger partial charge is 0.393 e. The molecule has 0 aromatic rings. The van der Waals surface area contributed by atoms with Gasteiger partial charge in [0.15, 0.2) is 0 Å². The lowest BCUT2D eigenvalue weighted by Gasteiger charge is -2.49. The molecular weight excluding hydrogens is 198 g/mol. The third kappa shape index (κ3) is 1.62. The second-order valence-electron chi connectivity index (χ2n) is 6.12. The Kier molecular flexibility index (Phi) is 2.97. The smallest absolute Gasteiger partial charge is 0.0586 e. The summed E-state index contributed by atoms with van der Waals surface area (Å²) in [6.45, 7) is 3.60. The van der Waals surface area contributed by atoms with Crippen LogP contribution in [0.2, 0.25) is 0 Å². The van der Waals surface area contributed by atoms with E-state index < -0.39 is 0 Å². The first-order chi connectivity index (χ1) is 7.81. The molecule has 16 heavy (non-hydrogen) atoms. The number of aliphatic hydroxyl groups excluding tert-OH is 1. The van der Waals surface area contributed by atoms with Crippen molar-refractivity contribution >= 4 is 0 Å². The van der Waals surface area contributed by atoms with E-state index in [0.717, 1.165) is 24.4 Å². The molecular formula is C14H25NO. The predicted octanol–water partition coefficient (Wildman–Crippen LogP) is 2.41. The minimum Gasteiger partial charge on any atom is -0.393 e. The maximum absolute atomic E-state index is 10.2. The molecule has 3 fully saturated rings. The van der Waals surface area contributed by atoms with Crippen molar-refractivity contribution in [1.29, 1.82) is 0 Å². The number of fused-ring (bicyclic) bond motifs is 4. The zero-order valence-electron chi connectivity index (χ0n) is 10.4. The van der Waals surface area contributed by atoms with Gasteiger partial charge in [-0.1, -0.05) is 19.8 Å². The summed E-state index contributed by atoms with van der Waals surface area (Å²) in [5, 5.41) is 10.2. The first-order valence-electron chi connectivity index (χ1n) is 7.25. The van der Waals surface area contributed by atoms with Crippen molar-refractivity contribution in [3.63, 3.8) is 0 Å². The molecule has 0 radical (unpaired) electrons. The van der Waals surface area contributed by atoms with Gasteiger partial charge in [0, 0.05) is 18.0 Å². The molecule has 1 N–H and O–H groups in total. The van der Waals surface area contributed by atoms with E-state index in [1.165, 1.54) is 45.1 Å². The summed E-state index contributed by atoms with van der Waals surface area (Å²) in [7, 11) is 0. The molecule has 0 aromatic carbocycles. The lowest BCUT2D eigenvalue weighted by molar-refractivity contribution is -0.0153. The predicted molar refractivity (Wildman–Crippen MR) is 65.3 cm³/mol. The summed E-state index contributed by atoms with van der Waals surface area (Å²) < 4.78 is 0. The van der Waals surface area contributed by atoms with Gasteiger partial charge in [0.1, 0.15) is 0 Å². The Labute approximate surface area is 99.0 Å². The Hall–Kier alpha value is -0.0800. The Balaban J connectivity index is 1.83. The van der Waals surface area contributed by atoms with Crippen molar-refractivity contribution in [3.05, 3.63) is 0 Å². The van der Waals surface area contributed by atoms with Gasteiger partial charge in [-0.2, -0.15) is 0 Å². The lowest BCUT2D eigenvalue weighted by atomic mass is 9.79. The van der Waals surface area contributed by atoms with E-state index in [2.05, 4.69) is 11.8 Å². The molecule has 0 aromatic heterocycles. The van der Waals surface area contributed by atoms with E-state index in [-0.39, 0.29) is 6.10 Å². The highest BCUT2D eigenvalue weighted by Gasteiger charge is 2.50. The second kappa shape index (κ2) is 4.30. The van der Waals surface area contributed by atoms with Crippen molar-refractivity contribution in [1.82, 2.24) is 4.90 Å². The highest BCUT2D eigenvalue weighted by atomic mass is 16.3. The van der Waals surface area contributed by atoms with Gasteiger partial charge in [-0.3, -0.25) is 4.90 Å². The Morgan fingerprint density at radius 2 is 2.12 bits per heavy atom. The van der Waals surface area contributed by atoms with Crippen LogP contribution in [0.5, 0.6) is 0 Å². The van der Waals surface area contributed by atoms with Crippen LogP contribution in [0.3, 0.4) is 0 Å². The Bertz CT molecular complexity index is 253. The third-order valence-corrected chi connectivity index (χ3v) is 5.25. The second-order valence-corrected chi connectivity index (χ2v) is 6.12. The number of nitrogens with zero attached hydrogens (tertiary/aromatic N) is 1. The van der Waals surface area contributed by atoms with Crippen LogP contribution in [0, 0.1) is 11.8 Å². The van der Waals surface area contributed by atoms with E-state index in [9.17, 15) is 5.11 Å². The summed E-state index contributed by atoms with van der Waals surface area (Å²) in [4.78, 5) is 2.78. The van der Waals surface area contributed by atoms with Gasteiger partial charge < -0.3 is 5.11 Å². The average molecular weight is 223 g/mol. The van der Waals surface area contributed by atoms with Gasteiger partial charge in [0.2, 0.25) is 0 Å². The molecule has 0 unspecified atom stereocenters. The minimum atomic E-state index is 0.0115. The van der Waals surface area contributed by atoms with Gasteiger partial charge >= 0.3 is 0 Å². The van der Waals surface area contributed by atoms with E-state index in [1.54, 1.807) is 0 Å². The Morgan fingerprint density at radius 1 is 1.25 bits per heavy atom. The van der Waals surface area contributed by atoms with Crippen LogP contribution >= 0.6 is 0 Å². The van der Waals surface area contributed by atoms with Crippen molar-refractivity contribution in [2.75, 3.05) is 6.54 Å². The molecule has 3 aliphatic rings. The molecule has 0 amide bonds. The lowest BCUT2D eigenvalue weighted by Crippen LogP contribution is -2.54. The molecule has 92 valence electrons. The Morgan fingerprint density at radius 3 is 2.94 bits per heavy atom. The molecule has 5 atom stereocenters. The minimum absolute atomic E-state index is 0.0115. The molecule has 2 heterocycles. The quantitative estimate of drug-likeness (QED) is 0.777. The van der Waals surface area contributed by atoms with Crippen LogP contribution in [-0.2, 0) is 0 Å². The maximum Gasteiger partial charge on any atom is 0.0586 e. The van der Waals surface area contributed by atoms with Crippen molar-refractivity contribution in [2.45, 2.75) is 70.1 Å². The van der Waals surface area contributed by atoms with Crippen LogP contribution in [0.15, 0.2) is 0 Å². The van der Waals surface area contributed by atoms with Crippen LogP contribution in [-0.4, -0.2) is 34.7 Å². The van der Waals surface area contributed by atoms with Gasteiger partial charge in [0.05, 0.1) is 6.10 Å². The molecule has 3 rings (SSSR count). The maximum atomic E-state index is 10.2. The zero-order valence-corrected chi connectivity index (χ0v) is 10.4. The molecule has 2 aliphatic heterocycles.